The third-order valence-corrected chi connectivity index (χ3v) is 4.01. The van der Waals surface area contributed by atoms with Gasteiger partial charge in [0, 0.05) is 18.9 Å². The fourth-order valence-corrected chi connectivity index (χ4v) is 2.80. The molecule has 20 heavy (non-hydrogen) atoms. The van der Waals surface area contributed by atoms with E-state index < -0.39 is 18.0 Å². The molecule has 4 nitrogen and oxygen atoms in total. The minimum absolute atomic E-state index is 0.309. The molecule has 1 N–H and O–H groups in total. The van der Waals surface area contributed by atoms with Gasteiger partial charge in [-0.25, -0.2) is 4.39 Å². The molecule has 3 rings (SSSR count). The Balaban J connectivity index is 1.72. The first-order valence-electron chi connectivity index (χ1n) is 6.97. The van der Waals surface area contributed by atoms with Crippen molar-refractivity contribution in [1.82, 2.24) is 0 Å². The Morgan fingerprint density at radius 1 is 1.35 bits per heavy atom. The molecule has 0 aromatic heterocycles. The highest BCUT2D eigenvalue weighted by molar-refractivity contribution is 5.28. The fraction of sp³-hybridized carbons (Fsp3) is 0.600. The lowest BCUT2D eigenvalue weighted by Crippen LogP contribution is -2.47. The van der Waals surface area contributed by atoms with Crippen LogP contribution in [0.1, 0.15) is 24.8 Å². The molecule has 1 aromatic rings. The molecular formula is C15H19FO4. The molecule has 2 aliphatic rings. The van der Waals surface area contributed by atoms with Crippen molar-refractivity contribution in [3.63, 3.8) is 0 Å². The van der Waals surface area contributed by atoms with Gasteiger partial charge in [-0.1, -0.05) is 6.07 Å². The summed E-state index contributed by atoms with van der Waals surface area (Å²) in [5.74, 6) is -0.518. The van der Waals surface area contributed by atoms with E-state index in [4.69, 9.17) is 14.2 Å². The average molecular weight is 282 g/mol. The standard InChI is InChI=1S/C15H19FO4/c1-10-2-3-11(8-12(10)16)20-14-9-15(5-4-13(14)17)18-6-7-19-15/h2-3,8,13-14,17H,4-7,9H2,1H3. The Kier molecular flexibility index (Phi) is 3.67. The Labute approximate surface area is 117 Å². The summed E-state index contributed by atoms with van der Waals surface area (Å²) < 4.78 is 30.6. The van der Waals surface area contributed by atoms with E-state index in [0.29, 0.717) is 43.8 Å². The quantitative estimate of drug-likeness (QED) is 0.903. The van der Waals surface area contributed by atoms with Crippen LogP contribution in [0.4, 0.5) is 4.39 Å². The molecule has 1 saturated carbocycles. The van der Waals surface area contributed by atoms with Gasteiger partial charge < -0.3 is 19.3 Å². The second kappa shape index (κ2) is 5.31. The van der Waals surface area contributed by atoms with E-state index in [1.807, 2.05) is 0 Å². The summed E-state index contributed by atoms with van der Waals surface area (Å²) in [5.41, 5.74) is 0.570. The number of rotatable bonds is 2. The normalized spacial score (nSPS) is 28.8. The van der Waals surface area contributed by atoms with E-state index in [0.717, 1.165) is 0 Å². The summed E-state index contributed by atoms with van der Waals surface area (Å²) in [6.45, 7) is 2.84. The van der Waals surface area contributed by atoms with Crippen molar-refractivity contribution in [1.29, 1.82) is 0 Å². The lowest BCUT2D eigenvalue weighted by Gasteiger charge is -2.38. The Hall–Kier alpha value is -1.17. The second-order valence-corrected chi connectivity index (χ2v) is 5.49. The summed E-state index contributed by atoms with van der Waals surface area (Å²) in [6, 6.07) is 4.72. The van der Waals surface area contributed by atoms with Crippen molar-refractivity contribution in [2.75, 3.05) is 13.2 Å². The molecule has 2 unspecified atom stereocenters. The molecule has 1 aromatic carbocycles. The summed E-state index contributed by atoms with van der Waals surface area (Å²) in [6.07, 6.45) is 0.653. The molecule has 1 aliphatic heterocycles. The van der Waals surface area contributed by atoms with E-state index in [1.165, 1.54) is 6.07 Å². The largest absolute Gasteiger partial charge is 0.487 e. The first-order valence-corrected chi connectivity index (χ1v) is 6.97. The van der Waals surface area contributed by atoms with E-state index in [2.05, 4.69) is 0 Å². The van der Waals surface area contributed by atoms with Gasteiger partial charge in [0.05, 0.1) is 19.3 Å². The van der Waals surface area contributed by atoms with E-state index in [9.17, 15) is 9.50 Å². The Morgan fingerprint density at radius 3 is 2.80 bits per heavy atom. The topological polar surface area (TPSA) is 47.9 Å². The lowest BCUT2D eigenvalue weighted by atomic mass is 9.89. The van der Waals surface area contributed by atoms with Gasteiger partial charge in [-0.05, 0) is 25.0 Å². The third kappa shape index (κ3) is 2.66. The molecule has 5 heteroatoms. The van der Waals surface area contributed by atoms with Crippen molar-refractivity contribution >= 4 is 0 Å². The number of aliphatic hydroxyl groups excluding tert-OH is 1. The minimum Gasteiger partial charge on any atom is -0.487 e. The molecule has 1 spiro atoms. The van der Waals surface area contributed by atoms with Crippen molar-refractivity contribution in [3.05, 3.63) is 29.6 Å². The first kappa shape index (κ1) is 13.8. The molecule has 1 heterocycles. The van der Waals surface area contributed by atoms with Crippen LogP contribution >= 0.6 is 0 Å². The molecule has 2 fully saturated rings. The van der Waals surface area contributed by atoms with Crippen LogP contribution < -0.4 is 4.74 Å². The van der Waals surface area contributed by atoms with Crippen molar-refractivity contribution in [2.24, 2.45) is 0 Å². The summed E-state index contributed by atoms with van der Waals surface area (Å²) >= 11 is 0. The van der Waals surface area contributed by atoms with Crippen LogP contribution in [0.5, 0.6) is 5.75 Å². The number of benzene rings is 1. The molecule has 0 amide bonds. The van der Waals surface area contributed by atoms with Crippen LogP contribution in [0.2, 0.25) is 0 Å². The van der Waals surface area contributed by atoms with E-state index in [-0.39, 0.29) is 5.82 Å². The average Bonchev–Trinajstić information content (AvgIpc) is 2.87. The summed E-state index contributed by atoms with van der Waals surface area (Å²) in [7, 11) is 0. The number of ether oxygens (including phenoxy) is 3. The fourth-order valence-electron chi connectivity index (χ4n) is 2.80. The number of aryl methyl sites for hydroxylation is 1. The molecule has 0 bridgehead atoms. The third-order valence-electron chi connectivity index (χ3n) is 4.01. The van der Waals surface area contributed by atoms with Crippen LogP contribution in [0.15, 0.2) is 18.2 Å². The van der Waals surface area contributed by atoms with Gasteiger partial charge in [0.15, 0.2) is 5.79 Å². The van der Waals surface area contributed by atoms with Gasteiger partial charge in [-0.3, -0.25) is 0 Å². The molecule has 0 radical (unpaired) electrons. The number of hydrogen-bond donors (Lipinski definition) is 1. The van der Waals surface area contributed by atoms with Crippen molar-refractivity contribution < 1.29 is 23.7 Å². The van der Waals surface area contributed by atoms with Gasteiger partial charge in [0.2, 0.25) is 0 Å². The SMILES string of the molecule is Cc1ccc(OC2CC3(CCC2O)OCCO3)cc1F. The summed E-state index contributed by atoms with van der Waals surface area (Å²) in [5, 5.41) is 10.1. The van der Waals surface area contributed by atoms with Crippen LogP contribution in [-0.4, -0.2) is 36.3 Å². The minimum atomic E-state index is -0.632. The smallest absolute Gasteiger partial charge is 0.172 e. The zero-order valence-corrected chi connectivity index (χ0v) is 11.5. The molecular weight excluding hydrogens is 263 g/mol. The van der Waals surface area contributed by atoms with E-state index >= 15 is 0 Å². The number of halogens is 1. The lowest BCUT2D eigenvalue weighted by molar-refractivity contribution is -0.209. The van der Waals surface area contributed by atoms with Gasteiger partial charge in [0.1, 0.15) is 17.7 Å². The predicted molar refractivity (Wildman–Crippen MR) is 70.0 cm³/mol. The zero-order chi connectivity index (χ0) is 14.2. The van der Waals surface area contributed by atoms with Gasteiger partial charge in [-0.2, -0.15) is 0 Å². The molecule has 2 atom stereocenters. The van der Waals surface area contributed by atoms with Crippen LogP contribution in [0, 0.1) is 12.7 Å². The van der Waals surface area contributed by atoms with Gasteiger partial charge in [0.25, 0.3) is 0 Å². The zero-order valence-electron chi connectivity index (χ0n) is 11.5. The predicted octanol–water partition coefficient (Wildman–Crippen LogP) is 2.17. The molecule has 110 valence electrons. The maximum atomic E-state index is 13.5. The molecule has 1 aliphatic carbocycles. The first-order chi connectivity index (χ1) is 9.58. The van der Waals surface area contributed by atoms with Crippen LogP contribution in [0.3, 0.4) is 0 Å². The van der Waals surface area contributed by atoms with E-state index in [1.54, 1.807) is 19.1 Å². The van der Waals surface area contributed by atoms with Crippen molar-refractivity contribution in [3.8, 4) is 5.75 Å². The Bertz CT molecular complexity index is 485. The molecule has 1 saturated heterocycles. The van der Waals surface area contributed by atoms with Crippen molar-refractivity contribution in [2.45, 2.75) is 44.2 Å². The van der Waals surface area contributed by atoms with Gasteiger partial charge >= 0.3 is 0 Å². The van der Waals surface area contributed by atoms with Gasteiger partial charge in [-0.15, -0.1) is 0 Å². The number of aliphatic hydroxyl groups is 1. The summed E-state index contributed by atoms with van der Waals surface area (Å²) in [4.78, 5) is 0. The highest BCUT2D eigenvalue weighted by Gasteiger charge is 2.45. The van der Waals surface area contributed by atoms with Crippen LogP contribution in [0.25, 0.3) is 0 Å². The monoisotopic (exact) mass is 282 g/mol. The highest BCUT2D eigenvalue weighted by Crippen LogP contribution is 2.37. The highest BCUT2D eigenvalue weighted by atomic mass is 19.1. The maximum Gasteiger partial charge on any atom is 0.172 e. The maximum absolute atomic E-state index is 13.5. The Morgan fingerprint density at radius 2 is 2.10 bits per heavy atom. The second-order valence-electron chi connectivity index (χ2n) is 5.49. The van der Waals surface area contributed by atoms with Crippen LogP contribution in [-0.2, 0) is 9.47 Å². The number of hydrogen-bond acceptors (Lipinski definition) is 4.